The van der Waals surface area contributed by atoms with E-state index in [0.717, 1.165) is 18.1 Å². The number of anilines is 1. The summed E-state index contributed by atoms with van der Waals surface area (Å²) in [7, 11) is 0. The second kappa shape index (κ2) is 5.80. The largest absolute Gasteiger partial charge is 0.370 e. The molecule has 1 heterocycles. The molecule has 0 saturated carbocycles. The van der Waals surface area contributed by atoms with Crippen LogP contribution in [0.1, 0.15) is 12.1 Å². The summed E-state index contributed by atoms with van der Waals surface area (Å²) in [5, 5.41) is 3.26. The fraction of sp³-hybridized carbons (Fsp3) is 0.556. The molecule has 0 radical (unpaired) electrons. The summed E-state index contributed by atoms with van der Waals surface area (Å²) in [5.74, 6) is 2.12. The summed E-state index contributed by atoms with van der Waals surface area (Å²) < 4.78 is 0. The Balaban J connectivity index is 2.28. The van der Waals surface area contributed by atoms with Gasteiger partial charge < -0.3 is 5.32 Å². The van der Waals surface area contributed by atoms with Gasteiger partial charge in [-0.05, 0) is 25.4 Å². The van der Waals surface area contributed by atoms with Gasteiger partial charge in [0.1, 0.15) is 12.1 Å². The Morgan fingerprint density at radius 2 is 2.31 bits per heavy atom. The molecule has 13 heavy (non-hydrogen) atoms. The normalized spacial score (nSPS) is 10.0. The van der Waals surface area contributed by atoms with E-state index >= 15 is 0 Å². The zero-order valence-electron chi connectivity index (χ0n) is 8.08. The molecule has 1 rings (SSSR count). The van der Waals surface area contributed by atoms with Gasteiger partial charge in [0.25, 0.3) is 0 Å². The van der Waals surface area contributed by atoms with Crippen LogP contribution in [-0.4, -0.2) is 28.5 Å². The number of thioether (sulfide) groups is 1. The fourth-order valence-corrected chi connectivity index (χ4v) is 1.42. The average molecular weight is 197 g/mol. The van der Waals surface area contributed by atoms with Gasteiger partial charge in [-0.25, -0.2) is 9.97 Å². The third-order valence-corrected chi connectivity index (χ3v) is 2.33. The molecule has 3 nitrogen and oxygen atoms in total. The molecule has 0 saturated heterocycles. The van der Waals surface area contributed by atoms with E-state index in [1.807, 2.05) is 24.8 Å². The van der Waals surface area contributed by atoms with Crippen molar-refractivity contribution in [2.45, 2.75) is 13.3 Å². The molecule has 0 fully saturated rings. The van der Waals surface area contributed by atoms with Crippen molar-refractivity contribution < 1.29 is 0 Å². The van der Waals surface area contributed by atoms with Crippen LogP contribution >= 0.6 is 11.8 Å². The molecule has 0 atom stereocenters. The summed E-state index contributed by atoms with van der Waals surface area (Å²) in [6.45, 7) is 2.95. The molecule has 0 aliphatic carbocycles. The maximum atomic E-state index is 4.11. The van der Waals surface area contributed by atoms with Gasteiger partial charge in [-0.15, -0.1) is 0 Å². The van der Waals surface area contributed by atoms with Crippen molar-refractivity contribution in [1.82, 2.24) is 9.97 Å². The lowest BCUT2D eigenvalue weighted by molar-refractivity contribution is 0.972. The van der Waals surface area contributed by atoms with Crippen molar-refractivity contribution in [2.75, 3.05) is 23.9 Å². The lowest BCUT2D eigenvalue weighted by Gasteiger charge is -2.04. The highest BCUT2D eigenvalue weighted by molar-refractivity contribution is 7.98. The highest BCUT2D eigenvalue weighted by atomic mass is 32.2. The zero-order chi connectivity index (χ0) is 9.52. The van der Waals surface area contributed by atoms with E-state index in [0.29, 0.717) is 0 Å². The van der Waals surface area contributed by atoms with E-state index in [1.165, 1.54) is 12.2 Å². The molecule has 1 aromatic rings. The van der Waals surface area contributed by atoms with Crippen molar-refractivity contribution in [2.24, 2.45) is 0 Å². The second-order valence-electron chi connectivity index (χ2n) is 2.82. The number of nitrogens with one attached hydrogen (secondary N) is 1. The summed E-state index contributed by atoms with van der Waals surface area (Å²) >= 11 is 1.87. The van der Waals surface area contributed by atoms with E-state index in [1.54, 1.807) is 6.33 Å². The molecule has 0 aliphatic rings. The number of hydrogen-bond acceptors (Lipinski definition) is 4. The van der Waals surface area contributed by atoms with Crippen molar-refractivity contribution in [1.29, 1.82) is 0 Å². The zero-order valence-corrected chi connectivity index (χ0v) is 8.90. The molecule has 0 aromatic carbocycles. The van der Waals surface area contributed by atoms with Crippen molar-refractivity contribution in [3.8, 4) is 0 Å². The number of aryl methyl sites for hydroxylation is 1. The number of hydrogen-bond donors (Lipinski definition) is 1. The van der Waals surface area contributed by atoms with E-state index in [4.69, 9.17) is 0 Å². The minimum Gasteiger partial charge on any atom is -0.370 e. The second-order valence-corrected chi connectivity index (χ2v) is 3.80. The predicted octanol–water partition coefficient (Wildman–Crippen LogP) is 1.95. The monoisotopic (exact) mass is 197 g/mol. The van der Waals surface area contributed by atoms with Crippen LogP contribution in [-0.2, 0) is 0 Å². The first-order chi connectivity index (χ1) is 6.33. The Morgan fingerprint density at radius 1 is 1.46 bits per heavy atom. The van der Waals surface area contributed by atoms with E-state index in [9.17, 15) is 0 Å². The Labute approximate surface area is 83.4 Å². The summed E-state index contributed by atoms with van der Waals surface area (Å²) in [6, 6.07) is 1.96. The first kappa shape index (κ1) is 10.3. The molecule has 1 aromatic heterocycles. The first-order valence-electron chi connectivity index (χ1n) is 4.34. The molecule has 0 aliphatic heterocycles. The van der Waals surface area contributed by atoms with E-state index in [-0.39, 0.29) is 0 Å². The van der Waals surface area contributed by atoms with Gasteiger partial charge in [0.15, 0.2) is 0 Å². The number of nitrogens with zero attached hydrogens (tertiary/aromatic N) is 2. The van der Waals surface area contributed by atoms with Crippen LogP contribution in [0.4, 0.5) is 5.82 Å². The number of aromatic nitrogens is 2. The van der Waals surface area contributed by atoms with Gasteiger partial charge in [-0.1, -0.05) is 0 Å². The van der Waals surface area contributed by atoms with Crippen LogP contribution < -0.4 is 5.32 Å². The van der Waals surface area contributed by atoms with Crippen LogP contribution in [0.2, 0.25) is 0 Å². The Hall–Kier alpha value is -0.770. The molecule has 4 heteroatoms. The third kappa shape index (κ3) is 4.12. The molecule has 0 amide bonds. The molecule has 0 unspecified atom stereocenters. The van der Waals surface area contributed by atoms with Gasteiger partial charge in [-0.2, -0.15) is 11.8 Å². The van der Waals surface area contributed by atoms with Crippen molar-refractivity contribution in [3.63, 3.8) is 0 Å². The lowest BCUT2D eigenvalue weighted by atomic mass is 10.4. The van der Waals surface area contributed by atoms with Crippen LogP contribution in [0.25, 0.3) is 0 Å². The lowest BCUT2D eigenvalue weighted by Crippen LogP contribution is -2.04. The molecular formula is C9H15N3S. The summed E-state index contributed by atoms with van der Waals surface area (Å²) in [6.07, 6.45) is 4.88. The third-order valence-electron chi connectivity index (χ3n) is 1.64. The highest BCUT2D eigenvalue weighted by Crippen LogP contribution is 2.03. The summed E-state index contributed by atoms with van der Waals surface area (Å²) in [5.41, 5.74) is 1.00. The van der Waals surface area contributed by atoms with Crippen molar-refractivity contribution >= 4 is 17.6 Å². The molecule has 0 bridgehead atoms. The molecule has 1 N–H and O–H groups in total. The Kier molecular flexibility index (Phi) is 4.60. The highest BCUT2D eigenvalue weighted by Gasteiger charge is 1.93. The van der Waals surface area contributed by atoms with Gasteiger partial charge in [0, 0.05) is 18.3 Å². The summed E-state index contributed by atoms with van der Waals surface area (Å²) in [4.78, 5) is 8.14. The maximum Gasteiger partial charge on any atom is 0.129 e. The predicted molar refractivity (Wildman–Crippen MR) is 58.3 cm³/mol. The minimum atomic E-state index is 0.925. The van der Waals surface area contributed by atoms with E-state index < -0.39 is 0 Å². The van der Waals surface area contributed by atoms with Crippen LogP contribution in [0.5, 0.6) is 0 Å². The smallest absolute Gasteiger partial charge is 0.129 e. The van der Waals surface area contributed by atoms with Gasteiger partial charge >= 0.3 is 0 Å². The van der Waals surface area contributed by atoms with Crippen LogP contribution in [0.3, 0.4) is 0 Å². The number of rotatable bonds is 5. The van der Waals surface area contributed by atoms with Crippen LogP contribution in [0.15, 0.2) is 12.4 Å². The molecule has 72 valence electrons. The Bertz CT molecular complexity index is 252. The fourth-order valence-electron chi connectivity index (χ4n) is 0.984. The Morgan fingerprint density at radius 3 is 3.00 bits per heavy atom. The van der Waals surface area contributed by atoms with E-state index in [2.05, 4.69) is 21.5 Å². The van der Waals surface area contributed by atoms with Gasteiger partial charge in [0.05, 0.1) is 0 Å². The quantitative estimate of drug-likeness (QED) is 0.732. The standard InChI is InChI=1S/C9H15N3S/c1-8-6-9(12-7-11-8)10-4-3-5-13-2/h6-7H,3-5H2,1-2H3,(H,10,11,12). The van der Waals surface area contributed by atoms with Gasteiger partial charge in [-0.3, -0.25) is 0 Å². The molecule has 0 spiro atoms. The molecular weight excluding hydrogens is 182 g/mol. The first-order valence-corrected chi connectivity index (χ1v) is 5.74. The SMILES string of the molecule is CSCCCNc1cc(C)ncn1. The van der Waals surface area contributed by atoms with Gasteiger partial charge in [0.2, 0.25) is 0 Å². The van der Waals surface area contributed by atoms with Crippen molar-refractivity contribution in [3.05, 3.63) is 18.1 Å². The maximum absolute atomic E-state index is 4.11. The van der Waals surface area contributed by atoms with Crippen LogP contribution in [0, 0.1) is 6.92 Å². The topological polar surface area (TPSA) is 37.8 Å². The average Bonchev–Trinajstić information content (AvgIpc) is 2.13. The minimum absolute atomic E-state index is 0.925.